The maximum absolute atomic E-state index is 12.0. The topological polar surface area (TPSA) is 160 Å². The van der Waals surface area contributed by atoms with Crippen LogP contribution in [0.15, 0.2) is 43.1 Å². The third kappa shape index (κ3) is 4.94. The minimum atomic E-state index is -0.678. The summed E-state index contributed by atoms with van der Waals surface area (Å²) in [5.74, 6) is 0.759. The number of nitrogens with two attached hydrogens (primary N) is 1. The summed E-state index contributed by atoms with van der Waals surface area (Å²) in [6.45, 7) is 1.14. The molecule has 13 nitrogen and oxygen atoms in total. The molecule has 4 rings (SSSR count). The molecule has 1 aromatic carbocycles. The summed E-state index contributed by atoms with van der Waals surface area (Å²) in [6.07, 6.45) is 6.39. The number of amides is 1. The molecule has 0 unspecified atom stereocenters. The fourth-order valence-electron chi connectivity index (χ4n) is 3.20. The fraction of sp³-hybridized carbons (Fsp3) is 0.238. The normalized spacial score (nSPS) is 10.8. The Balaban J connectivity index is 1.65. The zero-order valence-electron chi connectivity index (χ0n) is 18.9. The number of benzene rings is 1. The molecular weight excluding hydrogens is 440 g/mol. The van der Waals surface area contributed by atoms with Crippen LogP contribution in [-0.2, 0) is 18.3 Å². The number of methoxy groups -OCH3 is 2. The van der Waals surface area contributed by atoms with Crippen molar-refractivity contribution < 1.29 is 14.3 Å². The van der Waals surface area contributed by atoms with Crippen LogP contribution in [0.3, 0.4) is 0 Å². The Morgan fingerprint density at radius 1 is 1.18 bits per heavy atom. The van der Waals surface area contributed by atoms with Gasteiger partial charge in [-0.2, -0.15) is 15.2 Å². The Hall–Kier alpha value is -4.52. The smallest absolute Gasteiger partial charge is 0.254 e. The van der Waals surface area contributed by atoms with Gasteiger partial charge in [0.1, 0.15) is 17.7 Å². The van der Waals surface area contributed by atoms with E-state index in [2.05, 4.69) is 35.8 Å². The van der Waals surface area contributed by atoms with E-state index in [0.717, 1.165) is 0 Å². The molecule has 0 fully saturated rings. The first-order valence-corrected chi connectivity index (χ1v) is 10.2. The van der Waals surface area contributed by atoms with Crippen molar-refractivity contribution in [1.82, 2.24) is 34.5 Å². The molecule has 0 spiro atoms. The summed E-state index contributed by atoms with van der Waals surface area (Å²) in [4.78, 5) is 25.0. The Bertz CT molecular complexity index is 1300. The van der Waals surface area contributed by atoms with Crippen LogP contribution in [0, 0.1) is 0 Å². The number of hydrogen-bond donors (Lipinski definition) is 3. The molecule has 3 aromatic heterocycles. The van der Waals surface area contributed by atoms with Crippen molar-refractivity contribution in [3.8, 4) is 17.1 Å². The lowest BCUT2D eigenvalue weighted by atomic mass is 10.1. The molecule has 4 N–H and O–H groups in total. The van der Waals surface area contributed by atoms with E-state index in [1.165, 1.54) is 13.3 Å². The van der Waals surface area contributed by atoms with E-state index >= 15 is 0 Å². The molecule has 34 heavy (non-hydrogen) atoms. The van der Waals surface area contributed by atoms with E-state index in [1.807, 2.05) is 12.1 Å². The minimum absolute atomic E-state index is 0.116. The highest BCUT2D eigenvalue weighted by molar-refractivity contribution is 5.98. The lowest BCUT2D eigenvalue weighted by Crippen LogP contribution is -2.16. The van der Waals surface area contributed by atoms with Crippen LogP contribution in [0.2, 0.25) is 0 Å². The van der Waals surface area contributed by atoms with Gasteiger partial charge in [0.05, 0.1) is 43.4 Å². The average Bonchev–Trinajstić information content (AvgIpc) is 3.46. The van der Waals surface area contributed by atoms with Gasteiger partial charge in [-0.25, -0.2) is 9.97 Å². The van der Waals surface area contributed by atoms with Crippen LogP contribution in [0.5, 0.6) is 5.75 Å². The monoisotopic (exact) mass is 464 g/mol. The SMILES string of the molecule is COCCn1cc(Nc2ncc(C(N)=O)c(Nc3cccc(-c4ncn(C)n4)c3OC)n2)cn1. The fourth-order valence-corrected chi connectivity index (χ4v) is 3.20. The number of anilines is 4. The second kappa shape index (κ2) is 9.95. The van der Waals surface area contributed by atoms with Crippen molar-refractivity contribution in [3.63, 3.8) is 0 Å². The maximum atomic E-state index is 12.0. The molecule has 0 bridgehead atoms. The summed E-state index contributed by atoms with van der Waals surface area (Å²) >= 11 is 0. The standard InChI is InChI=1S/C21H24N10O3/c1-30-12-24-19(29-30)14-5-4-6-16(17(14)34-3)27-20-15(18(22)32)10-23-21(28-20)26-13-9-25-31(11-13)7-8-33-2/h4-6,9-12H,7-8H2,1-3H3,(H2,22,32)(H2,23,26,27,28). The predicted molar refractivity (Wildman–Crippen MR) is 124 cm³/mol. The van der Waals surface area contributed by atoms with E-state index in [4.69, 9.17) is 15.2 Å². The highest BCUT2D eigenvalue weighted by atomic mass is 16.5. The summed E-state index contributed by atoms with van der Waals surface area (Å²) < 4.78 is 14.0. The van der Waals surface area contributed by atoms with Crippen LogP contribution >= 0.6 is 0 Å². The van der Waals surface area contributed by atoms with Gasteiger partial charge < -0.3 is 25.8 Å². The number of carbonyl (C=O) groups is 1. The molecule has 0 radical (unpaired) electrons. The Morgan fingerprint density at radius 3 is 2.74 bits per heavy atom. The number of rotatable bonds is 10. The predicted octanol–water partition coefficient (Wildman–Crippen LogP) is 1.71. The number of aryl methyl sites for hydroxylation is 1. The van der Waals surface area contributed by atoms with Crippen molar-refractivity contribution in [2.45, 2.75) is 6.54 Å². The van der Waals surface area contributed by atoms with Crippen LogP contribution in [0.25, 0.3) is 11.4 Å². The molecule has 4 aromatic rings. The number of ether oxygens (including phenoxy) is 2. The van der Waals surface area contributed by atoms with E-state index in [-0.39, 0.29) is 17.3 Å². The number of nitrogens with one attached hydrogen (secondary N) is 2. The Morgan fingerprint density at radius 2 is 2.03 bits per heavy atom. The van der Waals surface area contributed by atoms with Gasteiger partial charge in [0.25, 0.3) is 5.91 Å². The zero-order chi connectivity index (χ0) is 24.1. The third-order valence-electron chi connectivity index (χ3n) is 4.78. The molecule has 176 valence electrons. The van der Waals surface area contributed by atoms with Crippen molar-refractivity contribution in [2.24, 2.45) is 12.8 Å². The minimum Gasteiger partial charge on any atom is -0.494 e. The van der Waals surface area contributed by atoms with Crippen LogP contribution in [0.4, 0.5) is 23.1 Å². The summed E-state index contributed by atoms with van der Waals surface area (Å²) in [5.41, 5.74) is 7.57. The highest BCUT2D eigenvalue weighted by Crippen LogP contribution is 2.36. The molecular formula is C21H24N10O3. The first-order valence-electron chi connectivity index (χ1n) is 10.2. The third-order valence-corrected chi connectivity index (χ3v) is 4.78. The molecule has 0 aliphatic rings. The zero-order valence-corrected chi connectivity index (χ0v) is 18.9. The van der Waals surface area contributed by atoms with E-state index in [0.29, 0.717) is 41.7 Å². The van der Waals surface area contributed by atoms with Gasteiger partial charge in [0.2, 0.25) is 5.95 Å². The number of carbonyl (C=O) groups excluding carboxylic acids is 1. The molecule has 0 atom stereocenters. The van der Waals surface area contributed by atoms with Crippen molar-refractivity contribution >= 4 is 29.0 Å². The molecule has 0 saturated carbocycles. The average molecular weight is 464 g/mol. The van der Waals surface area contributed by atoms with Gasteiger partial charge >= 0.3 is 0 Å². The first kappa shape index (κ1) is 22.7. The Kier molecular flexibility index (Phi) is 6.64. The molecule has 3 heterocycles. The Labute approximate surface area is 194 Å². The van der Waals surface area contributed by atoms with Gasteiger partial charge in [0, 0.05) is 26.6 Å². The van der Waals surface area contributed by atoms with Crippen LogP contribution < -0.4 is 21.1 Å². The highest BCUT2D eigenvalue weighted by Gasteiger charge is 2.18. The second-order valence-corrected chi connectivity index (χ2v) is 7.18. The van der Waals surface area contributed by atoms with E-state index < -0.39 is 5.91 Å². The second-order valence-electron chi connectivity index (χ2n) is 7.18. The molecule has 0 aliphatic heterocycles. The first-order chi connectivity index (χ1) is 16.5. The van der Waals surface area contributed by atoms with E-state index in [1.54, 1.807) is 48.3 Å². The van der Waals surface area contributed by atoms with Gasteiger partial charge in [-0.1, -0.05) is 6.07 Å². The van der Waals surface area contributed by atoms with Crippen LogP contribution in [-0.4, -0.2) is 61.2 Å². The summed E-state index contributed by atoms with van der Waals surface area (Å²) in [7, 11) is 4.94. The van der Waals surface area contributed by atoms with Gasteiger partial charge in [-0.05, 0) is 12.1 Å². The van der Waals surface area contributed by atoms with Crippen molar-refractivity contribution in [3.05, 3.63) is 48.7 Å². The number of aromatic nitrogens is 7. The van der Waals surface area contributed by atoms with Crippen LogP contribution in [0.1, 0.15) is 10.4 Å². The maximum Gasteiger partial charge on any atom is 0.254 e. The quantitative estimate of drug-likeness (QED) is 0.315. The van der Waals surface area contributed by atoms with E-state index in [9.17, 15) is 4.79 Å². The van der Waals surface area contributed by atoms with Gasteiger partial charge in [-0.3, -0.25) is 14.2 Å². The van der Waals surface area contributed by atoms with Gasteiger partial charge in [0.15, 0.2) is 11.6 Å². The number of primary amides is 1. The van der Waals surface area contributed by atoms with Gasteiger partial charge in [-0.15, -0.1) is 0 Å². The largest absolute Gasteiger partial charge is 0.494 e. The number of hydrogen-bond acceptors (Lipinski definition) is 10. The molecule has 13 heteroatoms. The molecule has 1 amide bonds. The number of nitrogens with zero attached hydrogens (tertiary/aromatic N) is 7. The lowest BCUT2D eigenvalue weighted by molar-refractivity contribution is 0.100. The molecule has 0 saturated heterocycles. The summed E-state index contributed by atoms with van der Waals surface area (Å²) in [6, 6.07) is 5.43. The summed E-state index contributed by atoms with van der Waals surface area (Å²) in [5, 5.41) is 14.8. The number of para-hydroxylation sites is 1. The van der Waals surface area contributed by atoms with Crippen molar-refractivity contribution in [1.29, 1.82) is 0 Å². The molecule has 0 aliphatic carbocycles. The van der Waals surface area contributed by atoms with Crippen molar-refractivity contribution in [2.75, 3.05) is 31.5 Å². The lowest BCUT2D eigenvalue weighted by Gasteiger charge is -2.15.